The molecule has 0 bridgehead atoms. The van der Waals surface area contributed by atoms with E-state index in [1.54, 1.807) is 0 Å². The molecule has 4 heteroatoms. The minimum atomic E-state index is -1.11. The van der Waals surface area contributed by atoms with Crippen LogP contribution in [0, 0.1) is 17.6 Å². The SMILES string of the molecule is CN(CC1CCC1)CC(O)c1c(F)cccc1F. The summed E-state index contributed by atoms with van der Waals surface area (Å²) in [7, 11) is 1.88. The summed E-state index contributed by atoms with van der Waals surface area (Å²) in [5, 5.41) is 9.93. The number of hydrogen-bond acceptors (Lipinski definition) is 2. The zero-order chi connectivity index (χ0) is 13.1. The van der Waals surface area contributed by atoms with Gasteiger partial charge in [0.25, 0.3) is 0 Å². The summed E-state index contributed by atoms with van der Waals surface area (Å²) in [5.74, 6) is -0.688. The average molecular weight is 255 g/mol. The fraction of sp³-hybridized carbons (Fsp3) is 0.571. The van der Waals surface area contributed by atoms with Crippen LogP contribution in [0.3, 0.4) is 0 Å². The Morgan fingerprint density at radius 1 is 1.33 bits per heavy atom. The first kappa shape index (κ1) is 13.4. The van der Waals surface area contributed by atoms with Crippen molar-refractivity contribution >= 4 is 0 Å². The van der Waals surface area contributed by atoms with Crippen LogP contribution in [0.4, 0.5) is 8.78 Å². The van der Waals surface area contributed by atoms with Gasteiger partial charge in [-0.2, -0.15) is 0 Å². The molecule has 1 atom stereocenters. The van der Waals surface area contributed by atoms with E-state index in [-0.39, 0.29) is 12.1 Å². The second-order valence-corrected chi connectivity index (χ2v) is 5.17. The molecule has 0 radical (unpaired) electrons. The molecule has 18 heavy (non-hydrogen) atoms. The number of benzene rings is 1. The van der Waals surface area contributed by atoms with Crippen molar-refractivity contribution in [2.75, 3.05) is 20.1 Å². The Balaban J connectivity index is 1.95. The Morgan fingerprint density at radius 3 is 2.44 bits per heavy atom. The van der Waals surface area contributed by atoms with Crippen molar-refractivity contribution < 1.29 is 13.9 Å². The van der Waals surface area contributed by atoms with Gasteiger partial charge < -0.3 is 10.0 Å². The number of rotatable bonds is 5. The predicted molar refractivity (Wildman–Crippen MR) is 66.2 cm³/mol. The Bertz CT molecular complexity index is 387. The minimum absolute atomic E-state index is 0.224. The van der Waals surface area contributed by atoms with Crippen LogP contribution in [0.5, 0.6) is 0 Å². The second kappa shape index (κ2) is 5.76. The molecule has 0 amide bonds. The van der Waals surface area contributed by atoms with Gasteiger partial charge in [0, 0.05) is 13.1 Å². The van der Waals surface area contributed by atoms with Gasteiger partial charge in [-0.15, -0.1) is 0 Å². The summed E-state index contributed by atoms with van der Waals surface area (Å²) in [6.45, 7) is 1.14. The third kappa shape index (κ3) is 3.06. The van der Waals surface area contributed by atoms with Gasteiger partial charge in [0.1, 0.15) is 11.6 Å². The van der Waals surface area contributed by atoms with E-state index < -0.39 is 17.7 Å². The van der Waals surface area contributed by atoms with Crippen LogP contribution in [-0.4, -0.2) is 30.1 Å². The fourth-order valence-corrected chi connectivity index (χ4v) is 2.41. The quantitative estimate of drug-likeness (QED) is 0.874. The van der Waals surface area contributed by atoms with Crippen LogP contribution in [0.1, 0.15) is 30.9 Å². The van der Waals surface area contributed by atoms with Crippen molar-refractivity contribution in [3.05, 3.63) is 35.4 Å². The molecule has 1 aromatic carbocycles. The fourth-order valence-electron chi connectivity index (χ4n) is 2.41. The van der Waals surface area contributed by atoms with Crippen LogP contribution in [-0.2, 0) is 0 Å². The van der Waals surface area contributed by atoms with Crippen molar-refractivity contribution in [2.45, 2.75) is 25.4 Å². The summed E-state index contributed by atoms with van der Waals surface area (Å²) in [6.07, 6.45) is 2.59. The first-order valence-corrected chi connectivity index (χ1v) is 6.38. The summed E-state index contributed by atoms with van der Waals surface area (Å²) >= 11 is 0. The molecular formula is C14H19F2NO. The molecule has 0 spiro atoms. The van der Waals surface area contributed by atoms with Crippen molar-refractivity contribution in [2.24, 2.45) is 5.92 Å². The summed E-state index contributed by atoms with van der Waals surface area (Å²) in [4.78, 5) is 1.94. The molecule has 0 aliphatic heterocycles. The van der Waals surface area contributed by atoms with E-state index in [2.05, 4.69) is 0 Å². The molecule has 100 valence electrons. The number of halogens is 2. The Morgan fingerprint density at radius 2 is 1.94 bits per heavy atom. The average Bonchev–Trinajstić information content (AvgIpc) is 2.23. The smallest absolute Gasteiger partial charge is 0.131 e. The highest BCUT2D eigenvalue weighted by Gasteiger charge is 2.23. The van der Waals surface area contributed by atoms with Crippen LogP contribution in [0.25, 0.3) is 0 Å². The van der Waals surface area contributed by atoms with Gasteiger partial charge in [0.05, 0.1) is 11.7 Å². The van der Waals surface area contributed by atoms with Crippen molar-refractivity contribution in [1.29, 1.82) is 0 Å². The topological polar surface area (TPSA) is 23.5 Å². The van der Waals surface area contributed by atoms with Gasteiger partial charge in [-0.1, -0.05) is 12.5 Å². The summed E-state index contributed by atoms with van der Waals surface area (Å²) in [5.41, 5.74) is -0.224. The van der Waals surface area contributed by atoms with Crippen molar-refractivity contribution in [1.82, 2.24) is 4.90 Å². The van der Waals surface area contributed by atoms with Crippen molar-refractivity contribution in [3.63, 3.8) is 0 Å². The molecule has 1 fully saturated rings. The van der Waals surface area contributed by atoms with E-state index in [4.69, 9.17) is 0 Å². The van der Waals surface area contributed by atoms with E-state index in [9.17, 15) is 13.9 Å². The molecule has 0 heterocycles. The molecule has 1 aliphatic rings. The largest absolute Gasteiger partial charge is 0.387 e. The lowest BCUT2D eigenvalue weighted by molar-refractivity contribution is 0.101. The lowest BCUT2D eigenvalue weighted by Gasteiger charge is -2.31. The molecular weight excluding hydrogens is 236 g/mol. The molecule has 1 unspecified atom stereocenters. The zero-order valence-electron chi connectivity index (χ0n) is 10.6. The highest BCUT2D eigenvalue weighted by atomic mass is 19.1. The van der Waals surface area contributed by atoms with Crippen LogP contribution in [0.2, 0.25) is 0 Å². The van der Waals surface area contributed by atoms with E-state index in [0.29, 0.717) is 5.92 Å². The predicted octanol–water partition coefficient (Wildman–Crippen LogP) is 2.73. The monoisotopic (exact) mass is 255 g/mol. The maximum atomic E-state index is 13.5. The maximum absolute atomic E-state index is 13.5. The first-order chi connectivity index (χ1) is 8.58. The van der Waals surface area contributed by atoms with Crippen LogP contribution >= 0.6 is 0 Å². The lowest BCUT2D eigenvalue weighted by atomic mass is 9.85. The van der Waals surface area contributed by atoms with Gasteiger partial charge in [-0.25, -0.2) is 8.78 Å². The summed E-state index contributed by atoms with van der Waals surface area (Å²) < 4.78 is 26.9. The highest BCUT2D eigenvalue weighted by Crippen LogP contribution is 2.28. The van der Waals surface area contributed by atoms with Gasteiger partial charge in [-0.3, -0.25) is 0 Å². The third-order valence-electron chi connectivity index (χ3n) is 3.61. The lowest BCUT2D eigenvalue weighted by Crippen LogP contribution is -2.33. The number of likely N-dealkylation sites (N-methyl/N-ethyl adjacent to an activating group) is 1. The molecule has 0 saturated heterocycles. The van der Waals surface area contributed by atoms with Gasteiger partial charge in [0.2, 0.25) is 0 Å². The van der Waals surface area contributed by atoms with Gasteiger partial charge in [0.15, 0.2) is 0 Å². The number of aliphatic hydroxyl groups is 1. The minimum Gasteiger partial charge on any atom is -0.387 e. The zero-order valence-corrected chi connectivity index (χ0v) is 10.6. The second-order valence-electron chi connectivity index (χ2n) is 5.17. The van der Waals surface area contributed by atoms with Crippen molar-refractivity contribution in [3.8, 4) is 0 Å². The Labute approximate surface area is 106 Å². The molecule has 2 rings (SSSR count). The molecule has 2 nitrogen and oxygen atoms in total. The molecule has 1 aliphatic carbocycles. The molecule has 1 saturated carbocycles. The Kier molecular flexibility index (Phi) is 4.30. The van der Waals surface area contributed by atoms with Crippen LogP contribution < -0.4 is 0 Å². The van der Waals surface area contributed by atoms with Crippen LogP contribution in [0.15, 0.2) is 18.2 Å². The van der Waals surface area contributed by atoms with Gasteiger partial charge >= 0.3 is 0 Å². The van der Waals surface area contributed by atoms with E-state index >= 15 is 0 Å². The van der Waals surface area contributed by atoms with E-state index in [1.165, 1.54) is 37.5 Å². The standard InChI is InChI=1S/C14H19F2NO/c1-17(8-10-4-2-5-10)9-13(18)14-11(15)6-3-7-12(14)16/h3,6-7,10,13,18H,2,4-5,8-9H2,1H3. The number of aliphatic hydroxyl groups excluding tert-OH is 1. The summed E-state index contributed by atoms with van der Waals surface area (Å²) in [6, 6.07) is 3.65. The van der Waals surface area contributed by atoms with Gasteiger partial charge in [-0.05, 0) is 37.9 Å². The maximum Gasteiger partial charge on any atom is 0.131 e. The molecule has 0 aromatic heterocycles. The number of hydrogen-bond donors (Lipinski definition) is 1. The highest BCUT2D eigenvalue weighted by molar-refractivity contribution is 5.22. The third-order valence-corrected chi connectivity index (χ3v) is 3.61. The number of nitrogens with zero attached hydrogens (tertiary/aromatic N) is 1. The van der Waals surface area contributed by atoms with E-state index in [0.717, 1.165) is 6.54 Å². The normalized spacial score (nSPS) is 17.8. The Hall–Kier alpha value is -1.00. The first-order valence-electron chi connectivity index (χ1n) is 6.38. The van der Waals surface area contributed by atoms with E-state index in [1.807, 2.05) is 11.9 Å². The molecule has 1 aromatic rings. The molecule has 1 N–H and O–H groups in total.